The molecule has 0 saturated carbocycles. The van der Waals surface area contributed by atoms with E-state index in [1.165, 1.54) is 25.3 Å². The second-order valence-electron chi connectivity index (χ2n) is 11.4. The van der Waals surface area contributed by atoms with Crippen LogP contribution in [0.25, 0.3) is 11.0 Å². The summed E-state index contributed by atoms with van der Waals surface area (Å²) < 4.78 is 18.1. The third-order valence-corrected chi connectivity index (χ3v) is 7.51. The van der Waals surface area contributed by atoms with Gasteiger partial charge in [-0.3, -0.25) is 15.2 Å². The van der Waals surface area contributed by atoms with Crippen LogP contribution in [0.15, 0.2) is 53.9 Å². The summed E-state index contributed by atoms with van der Waals surface area (Å²) in [5.41, 5.74) is 15.4. The van der Waals surface area contributed by atoms with Gasteiger partial charge in [0.15, 0.2) is 6.10 Å². The van der Waals surface area contributed by atoms with Crippen LogP contribution in [0, 0.1) is 0 Å². The molecule has 1 aromatic heterocycles. The van der Waals surface area contributed by atoms with E-state index >= 15 is 0 Å². The Kier molecular flexibility index (Phi) is 13.5. The zero-order chi connectivity index (χ0) is 36.5. The number of guanidine groups is 1. The number of aromatic nitrogens is 2. The van der Waals surface area contributed by atoms with Crippen molar-refractivity contribution in [2.45, 2.75) is 43.7 Å². The number of rotatable bonds is 16. The summed E-state index contributed by atoms with van der Waals surface area (Å²) >= 11 is 0. The normalized spacial score (nSPS) is 21.9. The number of nitrogens with two attached hydrogens (primary N) is 3. The number of methoxy groups -OCH3 is 1. The summed E-state index contributed by atoms with van der Waals surface area (Å²) in [6.07, 6.45) is -1.38. The van der Waals surface area contributed by atoms with Gasteiger partial charge >= 0.3 is 5.97 Å². The van der Waals surface area contributed by atoms with Crippen LogP contribution >= 0.6 is 0 Å². The zero-order valence-corrected chi connectivity index (χ0v) is 27.8. The molecule has 1 aromatic carbocycles. The van der Waals surface area contributed by atoms with Crippen molar-refractivity contribution in [3.8, 4) is 5.75 Å². The molecule has 49 heavy (non-hydrogen) atoms. The molecule has 2 aromatic rings. The van der Waals surface area contributed by atoms with Gasteiger partial charge < -0.3 is 55.6 Å². The molecular formula is C30H46N9O10+. The summed E-state index contributed by atoms with van der Waals surface area (Å²) in [4.78, 5) is 39.5. The molecule has 1 aliphatic rings. The number of carbonyl (C=O) groups excluding carboxylic acids is 1. The molecule has 0 bridgehead atoms. The first-order valence-corrected chi connectivity index (χ1v) is 15.1. The smallest absolute Gasteiger partial charge is 0.335 e. The van der Waals surface area contributed by atoms with E-state index in [0.29, 0.717) is 41.5 Å². The molecule has 2 unspecified atom stereocenters. The number of aliphatic hydroxyl groups is 3. The molecule has 1 aliphatic heterocycles. The van der Waals surface area contributed by atoms with E-state index in [-0.39, 0.29) is 35.9 Å². The van der Waals surface area contributed by atoms with Crippen LogP contribution in [-0.4, -0.2) is 136 Å². The molecule has 19 heteroatoms. The van der Waals surface area contributed by atoms with Crippen molar-refractivity contribution in [3.05, 3.63) is 54.5 Å². The number of quaternary nitrogens is 1. The highest BCUT2D eigenvalue weighted by Gasteiger charge is 2.49. The fourth-order valence-electron chi connectivity index (χ4n) is 4.97. The number of carbonyl (C=O) groups is 2. The number of ether oxygens (including phenoxy) is 3. The number of imidazole rings is 1. The molecule has 1 fully saturated rings. The summed E-state index contributed by atoms with van der Waals surface area (Å²) in [5, 5.41) is 39.7. The molecular weight excluding hydrogens is 646 g/mol. The van der Waals surface area contributed by atoms with Crippen LogP contribution < -0.4 is 27.5 Å². The second kappa shape index (κ2) is 17.1. The molecule has 11 N–H and O–H groups in total. The predicted molar refractivity (Wildman–Crippen MR) is 177 cm³/mol. The van der Waals surface area contributed by atoms with Crippen LogP contribution in [-0.2, 0) is 25.7 Å². The number of hydrazine groups is 1. The number of amides is 1. The lowest BCUT2D eigenvalue weighted by molar-refractivity contribution is -1.09. The van der Waals surface area contributed by atoms with Gasteiger partial charge in [-0.05, 0) is 18.2 Å². The Morgan fingerprint density at radius 2 is 1.94 bits per heavy atom. The van der Waals surface area contributed by atoms with Crippen molar-refractivity contribution in [1.29, 1.82) is 0 Å². The number of aliphatic imine (C=N–C) groups is 1. The van der Waals surface area contributed by atoms with Gasteiger partial charge in [-0.2, -0.15) is 9.48 Å². The quantitative estimate of drug-likeness (QED) is 0.0113. The summed E-state index contributed by atoms with van der Waals surface area (Å²) in [6, 6.07) is 3.02. The molecule has 0 radical (unpaired) electrons. The maximum atomic E-state index is 12.1. The Balaban J connectivity index is 1.75. The topological polar surface area (TPSA) is 275 Å². The fraction of sp³-hybridized carbons (Fsp3) is 0.467. The van der Waals surface area contributed by atoms with E-state index in [1.54, 1.807) is 36.8 Å². The van der Waals surface area contributed by atoms with E-state index in [4.69, 9.17) is 36.4 Å². The van der Waals surface area contributed by atoms with E-state index < -0.39 is 42.6 Å². The second-order valence-corrected chi connectivity index (χ2v) is 11.4. The van der Waals surface area contributed by atoms with Crippen molar-refractivity contribution in [2.75, 3.05) is 53.7 Å². The number of carboxylic acids is 1. The maximum absolute atomic E-state index is 12.1. The number of allylic oxidation sites excluding steroid dienone is 2. The Labute approximate surface area is 282 Å². The van der Waals surface area contributed by atoms with Crippen molar-refractivity contribution < 1.29 is 53.7 Å². The van der Waals surface area contributed by atoms with E-state index in [1.807, 2.05) is 12.2 Å². The first-order valence-electron chi connectivity index (χ1n) is 15.1. The molecule has 1 amide bonds. The van der Waals surface area contributed by atoms with Crippen LogP contribution in [0.1, 0.15) is 16.8 Å². The fourth-order valence-corrected chi connectivity index (χ4v) is 4.97. The molecule has 19 nitrogen and oxygen atoms in total. The van der Waals surface area contributed by atoms with Gasteiger partial charge in [0.2, 0.25) is 24.1 Å². The van der Waals surface area contributed by atoms with Crippen LogP contribution in [0.3, 0.4) is 0 Å². The van der Waals surface area contributed by atoms with E-state index in [2.05, 4.69) is 22.0 Å². The average molecular weight is 693 g/mol. The Bertz CT molecular complexity index is 1570. The number of hydrogen-bond acceptors (Lipinski definition) is 13. The van der Waals surface area contributed by atoms with Gasteiger partial charge in [0.1, 0.15) is 41.9 Å². The molecule has 0 spiro atoms. The average Bonchev–Trinajstić information content (AvgIpc) is 3.38. The summed E-state index contributed by atoms with van der Waals surface area (Å²) in [5.74, 6) is 4.75. The van der Waals surface area contributed by atoms with Gasteiger partial charge in [0, 0.05) is 38.3 Å². The van der Waals surface area contributed by atoms with Crippen LogP contribution in [0.4, 0.5) is 5.95 Å². The number of fused-ring (bicyclic) bond motifs is 1. The standard InChI is InChI=1S/C30H45N9O10/c1-6-18(46-5)16-37(30(34-2)36-33)10-7-8-11-38-21-19(35-29(38)32)14-17(26(31)43)15-20(21)47-13-9-12-39(3,4)49-28-24(42)22(40)23(41)25(48-28)27(44)45/h6-8,14-16,22-25,28,40-42H,1,9-13,33H2,2-5H3,(H5-,31,32,34,35,36,43,44,45)/p+1/b8-7+,18-16-/t22-,23?,24+,25?,28-/m0/s1. The molecule has 1 saturated heterocycles. The predicted octanol–water partition coefficient (Wildman–Crippen LogP) is -1.63. The number of nitrogens with one attached hydrogen (secondary N) is 1. The number of hydrogen-bond donors (Lipinski definition) is 8. The molecule has 5 atom stereocenters. The highest BCUT2D eigenvalue weighted by Crippen LogP contribution is 2.30. The largest absolute Gasteiger partial charge is 0.495 e. The first kappa shape index (κ1) is 38.7. The number of primary amides is 1. The molecule has 2 heterocycles. The molecule has 270 valence electrons. The minimum atomic E-state index is -1.84. The number of benzene rings is 1. The van der Waals surface area contributed by atoms with Gasteiger partial charge in [0.05, 0.1) is 33.3 Å². The van der Waals surface area contributed by atoms with Crippen LogP contribution in [0.2, 0.25) is 0 Å². The van der Waals surface area contributed by atoms with Gasteiger partial charge in [-0.15, -0.1) is 0 Å². The monoisotopic (exact) mass is 692 g/mol. The minimum absolute atomic E-state index is 0.119. The zero-order valence-electron chi connectivity index (χ0n) is 27.8. The van der Waals surface area contributed by atoms with E-state index in [9.17, 15) is 30.0 Å². The number of aliphatic hydroxyl groups excluding tert-OH is 3. The SMILES string of the molecule is C=C/C(=C/N(C/C=C/Cn1c(N)nc2cc(C(N)=O)cc(OCCC[N+](C)(C)O[C@@H]3OC(C(=O)O)C(O)[C@H](O)[C@H]3O)c21)C(=NC)NN)OC. The molecule has 3 rings (SSSR count). The van der Waals surface area contributed by atoms with Gasteiger partial charge in [0.25, 0.3) is 0 Å². The highest BCUT2D eigenvalue weighted by atomic mass is 16.8. The van der Waals surface area contributed by atoms with Crippen molar-refractivity contribution in [1.82, 2.24) is 19.9 Å². The minimum Gasteiger partial charge on any atom is -0.495 e. The summed E-state index contributed by atoms with van der Waals surface area (Å²) in [7, 11) is 6.34. The van der Waals surface area contributed by atoms with Gasteiger partial charge in [-0.1, -0.05) is 18.7 Å². The number of anilines is 1. The number of nitrogens with zero attached hydrogens (tertiary/aromatic N) is 5. The number of aliphatic carboxylic acids is 1. The van der Waals surface area contributed by atoms with E-state index in [0.717, 1.165) is 0 Å². The maximum Gasteiger partial charge on any atom is 0.335 e. The first-order chi connectivity index (χ1) is 23.2. The lowest BCUT2D eigenvalue weighted by Gasteiger charge is -2.40. The lowest BCUT2D eigenvalue weighted by atomic mass is 9.99. The number of nitrogen functional groups attached to an aromatic ring is 1. The van der Waals surface area contributed by atoms with Crippen molar-refractivity contribution >= 4 is 34.8 Å². The van der Waals surface area contributed by atoms with Crippen molar-refractivity contribution in [3.63, 3.8) is 0 Å². The number of carboxylic acid groups (broad SMARTS) is 1. The highest BCUT2D eigenvalue weighted by molar-refractivity contribution is 5.98. The molecule has 0 aliphatic carbocycles. The lowest BCUT2D eigenvalue weighted by Crippen LogP contribution is -2.62. The summed E-state index contributed by atoms with van der Waals surface area (Å²) in [6.45, 7) is 4.73. The van der Waals surface area contributed by atoms with Crippen LogP contribution in [0.5, 0.6) is 5.75 Å². The third kappa shape index (κ3) is 9.66. The third-order valence-electron chi connectivity index (χ3n) is 7.51. The Hall–Kier alpha value is -4.76. The van der Waals surface area contributed by atoms with Gasteiger partial charge in [-0.25, -0.2) is 15.6 Å². The number of hydroxylamine groups is 3. The van der Waals surface area contributed by atoms with Crippen molar-refractivity contribution in [2.24, 2.45) is 16.6 Å². The Morgan fingerprint density at radius 3 is 2.53 bits per heavy atom. The Morgan fingerprint density at radius 1 is 1.22 bits per heavy atom.